The Morgan fingerprint density at radius 3 is 3.00 bits per heavy atom. The smallest absolute Gasteiger partial charge is 0.157 e. The third kappa shape index (κ3) is 2.84. The number of benzene rings is 1. The molecule has 0 bridgehead atoms. The van der Waals surface area contributed by atoms with Crippen LogP contribution in [0, 0.1) is 5.92 Å². The number of rotatable bonds is 3. The van der Waals surface area contributed by atoms with Crippen molar-refractivity contribution in [2.45, 2.75) is 44.6 Å². The summed E-state index contributed by atoms with van der Waals surface area (Å²) in [7, 11) is 0. The molecule has 1 fully saturated rings. The lowest BCUT2D eigenvalue weighted by Gasteiger charge is -2.35. The number of carbonyl (C=O) groups is 1. The van der Waals surface area contributed by atoms with Crippen molar-refractivity contribution in [2.24, 2.45) is 11.7 Å². The van der Waals surface area contributed by atoms with Crippen molar-refractivity contribution < 1.29 is 4.79 Å². The molecule has 1 aromatic carbocycles. The molecule has 1 saturated carbocycles. The van der Waals surface area contributed by atoms with Gasteiger partial charge in [-0.2, -0.15) is 0 Å². The lowest BCUT2D eigenvalue weighted by molar-refractivity contribution is -0.125. The van der Waals surface area contributed by atoms with E-state index in [0.29, 0.717) is 12.3 Å². The monoisotopic (exact) mass is 282 g/mol. The van der Waals surface area contributed by atoms with Crippen LogP contribution in [0.5, 0.6) is 0 Å². The SMILES string of the molecule is CC1CCCC(N)(C(=O)Cc2ccnc3ccccc23)C1. The molecule has 0 radical (unpaired) electrons. The minimum absolute atomic E-state index is 0.172. The number of fused-ring (bicyclic) bond motifs is 1. The van der Waals surface area contributed by atoms with Crippen LogP contribution >= 0.6 is 0 Å². The Hall–Kier alpha value is -1.74. The van der Waals surface area contributed by atoms with Gasteiger partial charge in [0.15, 0.2) is 5.78 Å². The lowest BCUT2D eigenvalue weighted by atomic mass is 9.73. The minimum Gasteiger partial charge on any atom is -0.319 e. The highest BCUT2D eigenvalue weighted by molar-refractivity contribution is 5.94. The van der Waals surface area contributed by atoms with Crippen molar-refractivity contribution in [2.75, 3.05) is 0 Å². The fraction of sp³-hybridized carbons (Fsp3) is 0.444. The van der Waals surface area contributed by atoms with E-state index in [1.165, 1.54) is 6.42 Å². The normalized spacial score (nSPS) is 25.9. The lowest BCUT2D eigenvalue weighted by Crippen LogP contribution is -2.51. The Morgan fingerprint density at radius 2 is 2.19 bits per heavy atom. The number of hydrogen-bond donors (Lipinski definition) is 1. The van der Waals surface area contributed by atoms with Gasteiger partial charge in [-0.05, 0) is 36.5 Å². The van der Waals surface area contributed by atoms with Crippen molar-refractivity contribution in [1.82, 2.24) is 4.98 Å². The first-order chi connectivity index (χ1) is 10.1. The van der Waals surface area contributed by atoms with Crippen LogP contribution < -0.4 is 5.73 Å². The molecule has 0 amide bonds. The molecule has 3 nitrogen and oxygen atoms in total. The molecule has 1 aromatic heterocycles. The van der Waals surface area contributed by atoms with Crippen LogP contribution in [0.3, 0.4) is 0 Å². The number of hydrogen-bond acceptors (Lipinski definition) is 3. The average molecular weight is 282 g/mol. The van der Waals surface area contributed by atoms with Crippen molar-refractivity contribution in [3.05, 3.63) is 42.1 Å². The average Bonchev–Trinajstić information content (AvgIpc) is 2.47. The van der Waals surface area contributed by atoms with Gasteiger partial charge in [-0.3, -0.25) is 9.78 Å². The molecular formula is C18H22N2O. The van der Waals surface area contributed by atoms with Gasteiger partial charge in [0.1, 0.15) is 0 Å². The molecule has 2 aromatic rings. The quantitative estimate of drug-likeness (QED) is 0.940. The number of ketones is 1. The maximum atomic E-state index is 12.7. The molecule has 2 unspecified atom stereocenters. The van der Waals surface area contributed by atoms with Gasteiger partial charge >= 0.3 is 0 Å². The van der Waals surface area contributed by atoms with Gasteiger partial charge in [0, 0.05) is 18.0 Å². The topological polar surface area (TPSA) is 56.0 Å². The Bertz CT molecular complexity index is 662. The van der Waals surface area contributed by atoms with Gasteiger partial charge in [0.05, 0.1) is 11.1 Å². The number of nitrogens with zero attached hydrogens (tertiary/aromatic N) is 1. The van der Waals surface area contributed by atoms with E-state index in [4.69, 9.17) is 5.73 Å². The van der Waals surface area contributed by atoms with Crippen LogP contribution in [-0.2, 0) is 11.2 Å². The summed E-state index contributed by atoms with van der Waals surface area (Å²) in [4.78, 5) is 17.1. The van der Waals surface area contributed by atoms with E-state index >= 15 is 0 Å². The highest BCUT2D eigenvalue weighted by atomic mass is 16.1. The van der Waals surface area contributed by atoms with Crippen LogP contribution in [0.2, 0.25) is 0 Å². The van der Waals surface area contributed by atoms with Crippen LogP contribution in [0.4, 0.5) is 0 Å². The molecule has 2 atom stereocenters. The summed E-state index contributed by atoms with van der Waals surface area (Å²) in [5.41, 5.74) is 7.75. The van der Waals surface area contributed by atoms with Gasteiger partial charge in [0.2, 0.25) is 0 Å². The highest BCUT2D eigenvalue weighted by Gasteiger charge is 2.37. The second kappa shape index (κ2) is 5.57. The molecular weight excluding hydrogens is 260 g/mol. The summed E-state index contributed by atoms with van der Waals surface area (Å²) >= 11 is 0. The van der Waals surface area contributed by atoms with Crippen molar-refractivity contribution in [3.8, 4) is 0 Å². The second-order valence-corrected chi connectivity index (χ2v) is 6.44. The first-order valence-corrected chi connectivity index (χ1v) is 7.73. The number of carbonyl (C=O) groups excluding carboxylic acids is 1. The van der Waals surface area contributed by atoms with Crippen LogP contribution in [0.1, 0.15) is 38.2 Å². The van der Waals surface area contributed by atoms with Crippen molar-refractivity contribution in [3.63, 3.8) is 0 Å². The summed E-state index contributed by atoms with van der Waals surface area (Å²) in [5.74, 6) is 0.715. The summed E-state index contributed by atoms with van der Waals surface area (Å²) < 4.78 is 0. The predicted molar refractivity (Wildman–Crippen MR) is 85.0 cm³/mol. The first-order valence-electron chi connectivity index (χ1n) is 7.73. The van der Waals surface area contributed by atoms with E-state index in [9.17, 15) is 4.79 Å². The third-order valence-electron chi connectivity index (χ3n) is 4.68. The molecule has 3 rings (SSSR count). The predicted octanol–water partition coefficient (Wildman–Crippen LogP) is 3.25. The molecule has 1 aliphatic rings. The van der Waals surface area contributed by atoms with E-state index in [-0.39, 0.29) is 5.78 Å². The number of Topliss-reactive ketones (excluding diaryl/α,β-unsaturated/α-hetero) is 1. The number of pyridine rings is 1. The van der Waals surface area contributed by atoms with Crippen LogP contribution in [0.25, 0.3) is 10.9 Å². The fourth-order valence-corrected chi connectivity index (χ4v) is 3.50. The molecule has 0 aliphatic heterocycles. The summed E-state index contributed by atoms with van der Waals surface area (Å²) in [5, 5.41) is 1.06. The maximum absolute atomic E-state index is 12.7. The zero-order chi connectivity index (χ0) is 14.9. The molecule has 0 spiro atoms. The second-order valence-electron chi connectivity index (χ2n) is 6.44. The summed E-state index contributed by atoms with van der Waals surface area (Å²) in [6, 6.07) is 9.89. The van der Waals surface area contributed by atoms with Gasteiger partial charge in [0.25, 0.3) is 0 Å². The molecule has 3 heteroatoms. The van der Waals surface area contributed by atoms with E-state index < -0.39 is 5.54 Å². The van der Waals surface area contributed by atoms with Crippen molar-refractivity contribution in [1.29, 1.82) is 0 Å². The maximum Gasteiger partial charge on any atom is 0.157 e. The van der Waals surface area contributed by atoms with E-state index in [0.717, 1.165) is 35.7 Å². The molecule has 0 saturated heterocycles. The minimum atomic E-state index is -0.637. The van der Waals surface area contributed by atoms with Gasteiger partial charge in [-0.1, -0.05) is 38.0 Å². The van der Waals surface area contributed by atoms with Gasteiger partial charge in [-0.25, -0.2) is 0 Å². The Kier molecular flexibility index (Phi) is 3.77. The van der Waals surface area contributed by atoms with Crippen LogP contribution in [-0.4, -0.2) is 16.3 Å². The molecule has 2 N–H and O–H groups in total. The first kappa shape index (κ1) is 14.2. The molecule has 21 heavy (non-hydrogen) atoms. The van der Waals surface area contributed by atoms with Crippen molar-refractivity contribution >= 4 is 16.7 Å². The Morgan fingerprint density at radius 1 is 1.38 bits per heavy atom. The number of aromatic nitrogens is 1. The molecule has 110 valence electrons. The van der Waals surface area contributed by atoms with Crippen LogP contribution in [0.15, 0.2) is 36.5 Å². The van der Waals surface area contributed by atoms with E-state index in [1.54, 1.807) is 6.20 Å². The molecule has 1 heterocycles. The third-order valence-corrected chi connectivity index (χ3v) is 4.68. The van der Waals surface area contributed by atoms with Gasteiger partial charge < -0.3 is 5.73 Å². The molecule has 1 aliphatic carbocycles. The Labute approximate surface area is 125 Å². The summed E-state index contributed by atoms with van der Waals surface area (Å²) in [6.45, 7) is 2.19. The summed E-state index contributed by atoms with van der Waals surface area (Å²) in [6.07, 6.45) is 6.06. The van der Waals surface area contributed by atoms with E-state index in [2.05, 4.69) is 11.9 Å². The Balaban J connectivity index is 1.86. The zero-order valence-corrected chi connectivity index (χ0v) is 12.5. The standard InChI is InChI=1S/C18H22N2O/c1-13-5-4-9-18(19,12-13)17(21)11-14-8-10-20-16-7-3-2-6-15(14)16/h2-3,6-8,10,13H,4-5,9,11-12,19H2,1H3. The largest absolute Gasteiger partial charge is 0.319 e. The highest BCUT2D eigenvalue weighted by Crippen LogP contribution is 2.32. The van der Waals surface area contributed by atoms with Gasteiger partial charge in [-0.15, -0.1) is 0 Å². The zero-order valence-electron chi connectivity index (χ0n) is 12.5. The number of nitrogens with two attached hydrogens (primary N) is 1. The fourth-order valence-electron chi connectivity index (χ4n) is 3.50. The van der Waals surface area contributed by atoms with E-state index in [1.807, 2.05) is 30.3 Å². The number of para-hydroxylation sites is 1.